The van der Waals surface area contributed by atoms with Crippen LogP contribution in [0, 0.1) is 0 Å². The van der Waals surface area contributed by atoms with E-state index in [9.17, 15) is 4.79 Å². The molecular formula is C15H14N4O. The van der Waals surface area contributed by atoms with Gasteiger partial charge in [-0.2, -0.15) is 0 Å². The molecule has 0 aliphatic carbocycles. The number of hydrogen-bond acceptors (Lipinski definition) is 3. The highest BCUT2D eigenvalue weighted by Gasteiger charge is 2.05. The number of rotatable bonds is 3. The van der Waals surface area contributed by atoms with Gasteiger partial charge in [0.1, 0.15) is 0 Å². The van der Waals surface area contributed by atoms with Gasteiger partial charge in [0.2, 0.25) is 0 Å². The van der Waals surface area contributed by atoms with E-state index < -0.39 is 0 Å². The number of nitrogens with zero attached hydrogens (tertiary/aromatic N) is 1. The average Bonchev–Trinajstić information content (AvgIpc) is 2.93. The Kier molecular flexibility index (Phi) is 3.09. The molecule has 3 aromatic rings. The molecule has 2 aromatic carbocycles. The van der Waals surface area contributed by atoms with E-state index in [1.807, 2.05) is 18.2 Å². The molecule has 100 valence electrons. The maximum absolute atomic E-state index is 12.0. The molecule has 1 heterocycles. The number of amides is 1. The van der Waals surface area contributed by atoms with Crippen molar-refractivity contribution >= 4 is 22.6 Å². The topological polar surface area (TPSA) is 83.8 Å². The third kappa shape index (κ3) is 2.47. The van der Waals surface area contributed by atoms with Crippen LogP contribution in [0.3, 0.4) is 0 Å². The van der Waals surface area contributed by atoms with Crippen molar-refractivity contribution < 1.29 is 4.79 Å². The van der Waals surface area contributed by atoms with E-state index in [0.29, 0.717) is 17.8 Å². The summed E-state index contributed by atoms with van der Waals surface area (Å²) in [4.78, 5) is 19.2. The number of aromatic nitrogens is 2. The van der Waals surface area contributed by atoms with E-state index in [0.717, 1.165) is 16.6 Å². The molecule has 0 spiro atoms. The lowest BCUT2D eigenvalue weighted by molar-refractivity contribution is 0.0951. The highest BCUT2D eigenvalue weighted by Crippen LogP contribution is 2.12. The average molecular weight is 266 g/mol. The maximum Gasteiger partial charge on any atom is 0.251 e. The molecule has 0 atom stereocenters. The molecule has 0 unspecified atom stereocenters. The Morgan fingerprint density at radius 3 is 2.80 bits per heavy atom. The predicted molar refractivity (Wildman–Crippen MR) is 78.1 cm³/mol. The smallest absolute Gasteiger partial charge is 0.251 e. The van der Waals surface area contributed by atoms with E-state index in [-0.39, 0.29) is 5.91 Å². The Balaban J connectivity index is 1.69. The van der Waals surface area contributed by atoms with Crippen molar-refractivity contribution in [3.8, 4) is 0 Å². The Morgan fingerprint density at radius 1 is 1.20 bits per heavy atom. The van der Waals surface area contributed by atoms with Gasteiger partial charge in [-0.3, -0.25) is 4.79 Å². The summed E-state index contributed by atoms with van der Waals surface area (Å²) in [6.45, 7) is 0.470. The normalized spacial score (nSPS) is 10.6. The summed E-state index contributed by atoms with van der Waals surface area (Å²) >= 11 is 0. The fourth-order valence-electron chi connectivity index (χ4n) is 2.01. The highest BCUT2D eigenvalue weighted by atomic mass is 16.1. The molecule has 0 aliphatic heterocycles. The summed E-state index contributed by atoms with van der Waals surface area (Å²) < 4.78 is 0. The molecule has 20 heavy (non-hydrogen) atoms. The van der Waals surface area contributed by atoms with Gasteiger partial charge in [0.05, 0.1) is 17.4 Å². The van der Waals surface area contributed by atoms with Gasteiger partial charge in [-0.1, -0.05) is 6.07 Å². The number of nitrogen functional groups attached to an aromatic ring is 1. The van der Waals surface area contributed by atoms with Gasteiger partial charge < -0.3 is 16.0 Å². The zero-order valence-electron chi connectivity index (χ0n) is 10.8. The van der Waals surface area contributed by atoms with Crippen molar-refractivity contribution in [2.75, 3.05) is 5.73 Å². The number of carbonyl (C=O) groups excluding carboxylic acids is 1. The summed E-state index contributed by atoms with van der Waals surface area (Å²) in [6, 6.07) is 12.7. The lowest BCUT2D eigenvalue weighted by atomic mass is 10.1. The molecule has 5 heteroatoms. The molecule has 0 aliphatic rings. The first kappa shape index (κ1) is 12.2. The van der Waals surface area contributed by atoms with Crippen LogP contribution in [0.25, 0.3) is 11.0 Å². The van der Waals surface area contributed by atoms with Crippen LogP contribution in [0.1, 0.15) is 15.9 Å². The second-order valence-corrected chi connectivity index (χ2v) is 4.56. The number of benzene rings is 2. The predicted octanol–water partition coefficient (Wildman–Crippen LogP) is 2.08. The minimum absolute atomic E-state index is 0.116. The standard InChI is InChI=1S/C15H14N4O/c16-12-4-2-11(3-5-12)15(20)17-8-10-1-6-13-14(7-10)19-9-18-13/h1-7,9H,8,16H2,(H,17,20)(H,18,19). The van der Waals surface area contributed by atoms with Gasteiger partial charge in [0.25, 0.3) is 5.91 Å². The fourth-order valence-corrected chi connectivity index (χ4v) is 2.01. The molecule has 0 fully saturated rings. The number of anilines is 1. The Morgan fingerprint density at radius 2 is 2.00 bits per heavy atom. The zero-order valence-corrected chi connectivity index (χ0v) is 10.8. The molecule has 5 nitrogen and oxygen atoms in total. The van der Waals surface area contributed by atoms with Gasteiger partial charge >= 0.3 is 0 Å². The number of aromatic amines is 1. The maximum atomic E-state index is 12.0. The minimum Gasteiger partial charge on any atom is -0.399 e. The summed E-state index contributed by atoms with van der Waals surface area (Å²) in [5.74, 6) is -0.116. The van der Waals surface area contributed by atoms with Crippen LogP contribution < -0.4 is 11.1 Å². The molecule has 3 rings (SSSR count). The summed E-state index contributed by atoms with van der Waals surface area (Å²) in [5.41, 5.74) is 9.73. The second kappa shape index (κ2) is 5.05. The van der Waals surface area contributed by atoms with Crippen LogP contribution in [-0.4, -0.2) is 15.9 Å². The van der Waals surface area contributed by atoms with Gasteiger partial charge in [-0.15, -0.1) is 0 Å². The van der Waals surface area contributed by atoms with E-state index in [1.54, 1.807) is 30.6 Å². The highest BCUT2D eigenvalue weighted by molar-refractivity contribution is 5.94. The zero-order chi connectivity index (χ0) is 13.9. The monoisotopic (exact) mass is 266 g/mol. The number of fused-ring (bicyclic) bond motifs is 1. The largest absolute Gasteiger partial charge is 0.399 e. The van der Waals surface area contributed by atoms with Crippen molar-refractivity contribution in [3.05, 3.63) is 59.9 Å². The van der Waals surface area contributed by atoms with Gasteiger partial charge in [-0.05, 0) is 42.0 Å². The fraction of sp³-hybridized carbons (Fsp3) is 0.0667. The first-order valence-corrected chi connectivity index (χ1v) is 6.28. The Labute approximate surface area is 115 Å². The molecule has 0 saturated carbocycles. The van der Waals surface area contributed by atoms with Gasteiger partial charge in [0.15, 0.2) is 0 Å². The molecular weight excluding hydrogens is 252 g/mol. The van der Waals surface area contributed by atoms with Crippen LogP contribution in [0.4, 0.5) is 5.69 Å². The number of nitrogens with two attached hydrogens (primary N) is 1. The van der Waals surface area contributed by atoms with E-state index >= 15 is 0 Å². The van der Waals surface area contributed by atoms with Gasteiger partial charge in [0, 0.05) is 17.8 Å². The van der Waals surface area contributed by atoms with E-state index in [2.05, 4.69) is 15.3 Å². The van der Waals surface area contributed by atoms with Crippen molar-refractivity contribution in [1.29, 1.82) is 0 Å². The summed E-state index contributed by atoms with van der Waals surface area (Å²) in [5, 5.41) is 2.88. The molecule has 0 saturated heterocycles. The molecule has 0 bridgehead atoms. The van der Waals surface area contributed by atoms with E-state index in [4.69, 9.17) is 5.73 Å². The number of nitrogens with one attached hydrogen (secondary N) is 2. The lowest BCUT2D eigenvalue weighted by Crippen LogP contribution is -2.22. The molecule has 4 N–H and O–H groups in total. The third-order valence-electron chi connectivity index (χ3n) is 3.11. The quantitative estimate of drug-likeness (QED) is 0.634. The lowest BCUT2D eigenvalue weighted by Gasteiger charge is -2.06. The van der Waals surface area contributed by atoms with Crippen LogP contribution in [0.2, 0.25) is 0 Å². The van der Waals surface area contributed by atoms with Crippen molar-refractivity contribution in [2.24, 2.45) is 0 Å². The minimum atomic E-state index is -0.116. The molecule has 0 radical (unpaired) electrons. The van der Waals surface area contributed by atoms with Crippen LogP contribution in [-0.2, 0) is 6.54 Å². The van der Waals surface area contributed by atoms with Crippen molar-refractivity contribution in [1.82, 2.24) is 15.3 Å². The third-order valence-corrected chi connectivity index (χ3v) is 3.11. The first-order valence-electron chi connectivity index (χ1n) is 6.28. The Bertz CT molecular complexity index is 746. The summed E-state index contributed by atoms with van der Waals surface area (Å²) in [7, 11) is 0. The summed E-state index contributed by atoms with van der Waals surface area (Å²) in [6.07, 6.45) is 1.65. The van der Waals surface area contributed by atoms with Crippen LogP contribution in [0.15, 0.2) is 48.8 Å². The van der Waals surface area contributed by atoms with E-state index in [1.165, 1.54) is 0 Å². The second-order valence-electron chi connectivity index (χ2n) is 4.56. The number of carbonyl (C=O) groups is 1. The van der Waals surface area contributed by atoms with Crippen LogP contribution >= 0.6 is 0 Å². The first-order chi connectivity index (χ1) is 9.72. The van der Waals surface area contributed by atoms with Gasteiger partial charge in [-0.25, -0.2) is 4.98 Å². The number of hydrogen-bond donors (Lipinski definition) is 3. The molecule has 1 amide bonds. The number of imidazole rings is 1. The van der Waals surface area contributed by atoms with Crippen LogP contribution in [0.5, 0.6) is 0 Å². The Hall–Kier alpha value is -2.82. The molecule has 1 aromatic heterocycles. The van der Waals surface area contributed by atoms with Crippen molar-refractivity contribution in [3.63, 3.8) is 0 Å². The number of H-pyrrole nitrogens is 1. The van der Waals surface area contributed by atoms with Crippen molar-refractivity contribution in [2.45, 2.75) is 6.54 Å². The SMILES string of the molecule is Nc1ccc(C(=O)NCc2ccc3nc[nH]c3c2)cc1.